The molecule has 0 fully saturated rings. The van der Waals surface area contributed by atoms with Gasteiger partial charge in [-0.25, -0.2) is 8.42 Å². The Morgan fingerprint density at radius 3 is 1.94 bits per heavy atom. The summed E-state index contributed by atoms with van der Waals surface area (Å²) in [5.41, 5.74) is 1.89. The van der Waals surface area contributed by atoms with Gasteiger partial charge < -0.3 is 4.90 Å². The van der Waals surface area contributed by atoms with Crippen molar-refractivity contribution in [3.05, 3.63) is 100 Å². The van der Waals surface area contributed by atoms with E-state index in [9.17, 15) is 13.2 Å². The summed E-state index contributed by atoms with van der Waals surface area (Å²) >= 11 is 12.0. The maximum absolute atomic E-state index is 13.3. The second-order valence-electron chi connectivity index (χ2n) is 7.08. The maximum Gasteiger partial charge on any atom is 0.242 e. The Kier molecular flexibility index (Phi) is 7.73. The molecule has 1 atom stereocenters. The van der Waals surface area contributed by atoms with E-state index in [4.69, 9.17) is 23.2 Å². The maximum atomic E-state index is 13.3. The molecule has 0 aliphatic carbocycles. The molecule has 3 aromatic rings. The van der Waals surface area contributed by atoms with Crippen LogP contribution in [0.3, 0.4) is 0 Å². The van der Waals surface area contributed by atoms with Crippen LogP contribution in [-0.2, 0) is 27.9 Å². The summed E-state index contributed by atoms with van der Waals surface area (Å²) in [5, 5.41) is 0.264. The summed E-state index contributed by atoms with van der Waals surface area (Å²) in [6.45, 7) is 2.21. The molecule has 0 aliphatic heterocycles. The van der Waals surface area contributed by atoms with E-state index >= 15 is 0 Å². The average molecular weight is 477 g/mol. The molecule has 1 N–H and O–H groups in total. The molecule has 31 heavy (non-hydrogen) atoms. The van der Waals surface area contributed by atoms with Gasteiger partial charge in [0.25, 0.3) is 0 Å². The summed E-state index contributed by atoms with van der Waals surface area (Å²) in [4.78, 5) is 14.7. The highest BCUT2D eigenvalue weighted by atomic mass is 35.5. The van der Waals surface area contributed by atoms with Crippen molar-refractivity contribution in [3.8, 4) is 0 Å². The lowest BCUT2D eigenvalue weighted by molar-refractivity contribution is -0.133. The zero-order valence-electron chi connectivity index (χ0n) is 16.8. The second kappa shape index (κ2) is 10.3. The van der Waals surface area contributed by atoms with E-state index in [1.165, 1.54) is 25.1 Å². The summed E-state index contributed by atoms with van der Waals surface area (Å²) in [6.07, 6.45) is 0. The van der Waals surface area contributed by atoms with Gasteiger partial charge in [-0.05, 0) is 36.2 Å². The molecule has 0 spiro atoms. The quantitative estimate of drug-likeness (QED) is 0.503. The van der Waals surface area contributed by atoms with Crippen LogP contribution in [0.25, 0.3) is 0 Å². The molecule has 0 saturated heterocycles. The Labute approximate surface area is 192 Å². The third kappa shape index (κ3) is 6.31. The molecule has 3 rings (SSSR count). The van der Waals surface area contributed by atoms with E-state index in [0.29, 0.717) is 13.1 Å². The fourth-order valence-electron chi connectivity index (χ4n) is 3.12. The van der Waals surface area contributed by atoms with E-state index < -0.39 is 16.1 Å². The smallest absolute Gasteiger partial charge is 0.242 e. The minimum Gasteiger partial charge on any atom is -0.333 e. The molecule has 8 heteroatoms. The Hall–Kier alpha value is -2.38. The monoisotopic (exact) mass is 476 g/mol. The van der Waals surface area contributed by atoms with Crippen LogP contribution in [0.5, 0.6) is 0 Å². The van der Waals surface area contributed by atoms with Crippen molar-refractivity contribution in [2.45, 2.75) is 31.0 Å². The van der Waals surface area contributed by atoms with E-state index in [0.717, 1.165) is 11.1 Å². The number of hydrogen-bond donors (Lipinski definition) is 1. The minimum atomic E-state index is -4.05. The van der Waals surface area contributed by atoms with Crippen molar-refractivity contribution in [2.24, 2.45) is 0 Å². The number of nitrogens with one attached hydrogen (secondary N) is 1. The Morgan fingerprint density at radius 1 is 0.903 bits per heavy atom. The molecule has 1 amide bonds. The first-order valence-electron chi connectivity index (χ1n) is 9.60. The normalized spacial score (nSPS) is 12.4. The van der Waals surface area contributed by atoms with Crippen LogP contribution in [0.4, 0.5) is 0 Å². The lowest BCUT2D eigenvalue weighted by Gasteiger charge is -2.26. The number of halogens is 2. The van der Waals surface area contributed by atoms with Gasteiger partial charge in [-0.15, -0.1) is 0 Å². The van der Waals surface area contributed by atoms with Crippen molar-refractivity contribution in [2.75, 3.05) is 0 Å². The van der Waals surface area contributed by atoms with Gasteiger partial charge in [0, 0.05) is 18.1 Å². The first-order valence-corrected chi connectivity index (χ1v) is 11.8. The van der Waals surface area contributed by atoms with Crippen LogP contribution >= 0.6 is 23.2 Å². The Balaban J connectivity index is 1.83. The summed E-state index contributed by atoms with van der Waals surface area (Å²) < 4.78 is 28.1. The van der Waals surface area contributed by atoms with Gasteiger partial charge in [-0.3, -0.25) is 4.79 Å². The molecule has 0 bridgehead atoms. The Morgan fingerprint density at radius 2 is 1.42 bits per heavy atom. The van der Waals surface area contributed by atoms with Crippen LogP contribution in [-0.4, -0.2) is 25.3 Å². The summed E-state index contributed by atoms with van der Waals surface area (Å²) in [5.74, 6) is -0.352. The number of sulfonamides is 1. The number of rotatable bonds is 8. The topological polar surface area (TPSA) is 66.5 Å². The zero-order chi connectivity index (χ0) is 22.4. The predicted molar refractivity (Wildman–Crippen MR) is 123 cm³/mol. The van der Waals surface area contributed by atoms with Crippen LogP contribution in [0, 0.1) is 0 Å². The van der Waals surface area contributed by atoms with Crippen molar-refractivity contribution in [1.29, 1.82) is 0 Å². The zero-order valence-corrected chi connectivity index (χ0v) is 19.2. The largest absolute Gasteiger partial charge is 0.333 e. The fourth-order valence-corrected chi connectivity index (χ4v) is 5.08. The van der Waals surface area contributed by atoms with Gasteiger partial charge >= 0.3 is 0 Å². The molecular formula is C23H22Cl2N2O3S. The molecular weight excluding hydrogens is 455 g/mol. The SMILES string of the molecule is CC(NS(=O)(=O)c1cc(Cl)ccc1Cl)C(=O)N(Cc1ccccc1)Cc1ccccc1. The lowest BCUT2D eigenvalue weighted by atomic mass is 10.1. The predicted octanol–water partition coefficient (Wildman–Crippen LogP) is 4.89. The first-order chi connectivity index (χ1) is 14.8. The average Bonchev–Trinajstić information content (AvgIpc) is 2.75. The van der Waals surface area contributed by atoms with E-state index in [1.54, 1.807) is 4.90 Å². The van der Waals surface area contributed by atoms with Crippen molar-refractivity contribution in [1.82, 2.24) is 9.62 Å². The number of benzene rings is 3. The Bertz CT molecular complexity index is 1100. The van der Waals surface area contributed by atoms with Crippen LogP contribution < -0.4 is 4.72 Å². The van der Waals surface area contributed by atoms with E-state index in [2.05, 4.69) is 4.72 Å². The second-order valence-corrected chi connectivity index (χ2v) is 9.61. The van der Waals surface area contributed by atoms with Crippen LogP contribution in [0.1, 0.15) is 18.1 Å². The van der Waals surface area contributed by atoms with Gasteiger partial charge in [-0.1, -0.05) is 83.9 Å². The highest BCUT2D eigenvalue weighted by Crippen LogP contribution is 2.25. The lowest BCUT2D eigenvalue weighted by Crippen LogP contribution is -2.46. The van der Waals surface area contributed by atoms with E-state index in [-0.39, 0.29) is 20.8 Å². The standard InChI is InChI=1S/C23H22Cl2N2O3S/c1-17(26-31(29,30)22-14-20(24)12-13-21(22)25)23(28)27(15-18-8-4-2-5-9-18)16-19-10-6-3-7-11-19/h2-14,17,26H,15-16H2,1H3. The third-order valence-corrected chi connectivity index (χ3v) is 6.89. The molecule has 0 aliphatic rings. The van der Waals surface area contributed by atoms with Crippen molar-refractivity contribution < 1.29 is 13.2 Å². The molecule has 1 unspecified atom stereocenters. The van der Waals surface area contributed by atoms with Crippen LogP contribution in [0.15, 0.2) is 83.8 Å². The number of nitrogens with zero attached hydrogens (tertiary/aromatic N) is 1. The third-order valence-electron chi connectivity index (χ3n) is 4.63. The molecule has 5 nitrogen and oxygen atoms in total. The van der Waals surface area contributed by atoms with Gasteiger partial charge in [0.1, 0.15) is 4.90 Å². The van der Waals surface area contributed by atoms with Crippen molar-refractivity contribution in [3.63, 3.8) is 0 Å². The highest BCUT2D eigenvalue weighted by Gasteiger charge is 2.27. The summed E-state index contributed by atoms with van der Waals surface area (Å²) in [7, 11) is -4.05. The summed E-state index contributed by atoms with van der Waals surface area (Å²) in [6, 6.07) is 22.2. The minimum absolute atomic E-state index is 0.0296. The highest BCUT2D eigenvalue weighted by molar-refractivity contribution is 7.89. The fraction of sp³-hybridized carbons (Fsp3) is 0.174. The molecule has 3 aromatic carbocycles. The first kappa shape index (κ1) is 23.3. The molecule has 0 heterocycles. The van der Waals surface area contributed by atoms with Gasteiger partial charge in [0.2, 0.25) is 15.9 Å². The molecule has 0 radical (unpaired) electrons. The van der Waals surface area contributed by atoms with Gasteiger partial charge in [-0.2, -0.15) is 4.72 Å². The molecule has 0 saturated carbocycles. The molecule has 162 valence electrons. The van der Waals surface area contributed by atoms with E-state index in [1.807, 2.05) is 60.7 Å². The van der Waals surface area contributed by atoms with Gasteiger partial charge in [0.05, 0.1) is 11.1 Å². The molecule has 0 aromatic heterocycles. The number of hydrogen-bond acceptors (Lipinski definition) is 3. The number of carbonyl (C=O) groups is 1. The number of carbonyl (C=O) groups excluding carboxylic acids is 1. The number of amides is 1. The van der Waals surface area contributed by atoms with Crippen LogP contribution in [0.2, 0.25) is 10.0 Å². The van der Waals surface area contributed by atoms with Gasteiger partial charge in [0.15, 0.2) is 0 Å². The van der Waals surface area contributed by atoms with Crippen molar-refractivity contribution >= 4 is 39.1 Å².